The van der Waals surface area contributed by atoms with E-state index < -0.39 is 10.7 Å². The van der Waals surface area contributed by atoms with E-state index in [9.17, 15) is 14.5 Å². The molecule has 2 aromatic carbocycles. The molecule has 21 heavy (non-hydrogen) atoms. The normalized spacial score (nSPS) is 9.95. The molecule has 0 radical (unpaired) electrons. The van der Waals surface area contributed by atoms with Gasteiger partial charge in [-0.15, -0.1) is 0 Å². The number of nitro groups is 1. The molecule has 0 heterocycles. The lowest BCUT2D eigenvalue weighted by molar-refractivity contribution is -0.386. The molecule has 2 aromatic rings. The van der Waals surface area contributed by atoms with E-state index in [1.54, 1.807) is 6.07 Å². The van der Waals surface area contributed by atoms with Gasteiger partial charge in [-0.2, -0.15) is 5.26 Å². The van der Waals surface area contributed by atoms with Gasteiger partial charge in [0.25, 0.3) is 0 Å². The van der Waals surface area contributed by atoms with Gasteiger partial charge in [-0.1, -0.05) is 17.7 Å². The van der Waals surface area contributed by atoms with E-state index in [0.717, 1.165) is 6.07 Å². The largest absolute Gasteiger partial charge is 0.482 e. The zero-order valence-electron chi connectivity index (χ0n) is 10.5. The Morgan fingerprint density at radius 3 is 2.71 bits per heavy atom. The zero-order chi connectivity index (χ0) is 15.4. The summed E-state index contributed by atoms with van der Waals surface area (Å²) in [6, 6.07) is 9.81. The maximum Gasteiger partial charge on any atom is 0.312 e. The van der Waals surface area contributed by atoms with Gasteiger partial charge in [-0.05, 0) is 29.8 Å². The third-order valence-corrected chi connectivity index (χ3v) is 2.97. The summed E-state index contributed by atoms with van der Waals surface area (Å²) in [6.07, 6.45) is 0. The summed E-state index contributed by atoms with van der Waals surface area (Å²) in [7, 11) is 0. The van der Waals surface area contributed by atoms with Gasteiger partial charge in [0.15, 0.2) is 5.75 Å². The van der Waals surface area contributed by atoms with E-state index in [4.69, 9.17) is 21.6 Å². The average molecular weight is 307 g/mol. The fourth-order valence-corrected chi connectivity index (χ4v) is 1.76. The predicted molar refractivity (Wildman–Crippen MR) is 73.6 cm³/mol. The minimum atomic E-state index is -0.640. The molecular formula is C14H8ClFN2O3. The summed E-state index contributed by atoms with van der Waals surface area (Å²) in [6.45, 7) is -0.0547. The molecule has 0 saturated carbocycles. The number of halogens is 2. The SMILES string of the molecule is N#Cc1ccc(OCc2ccc(Cl)c(F)c2)c([N+](=O)[O-])c1. The summed E-state index contributed by atoms with van der Waals surface area (Å²) in [5, 5.41) is 19.7. The van der Waals surface area contributed by atoms with Crippen molar-refractivity contribution >= 4 is 17.3 Å². The highest BCUT2D eigenvalue weighted by Crippen LogP contribution is 2.28. The van der Waals surface area contributed by atoms with Crippen molar-refractivity contribution in [1.29, 1.82) is 5.26 Å². The molecule has 0 bridgehead atoms. The van der Waals surface area contributed by atoms with Crippen LogP contribution in [0, 0.1) is 27.3 Å². The van der Waals surface area contributed by atoms with E-state index in [0.29, 0.717) is 5.56 Å². The van der Waals surface area contributed by atoms with E-state index >= 15 is 0 Å². The molecular weight excluding hydrogens is 299 g/mol. The van der Waals surface area contributed by atoms with Gasteiger partial charge < -0.3 is 4.74 Å². The Morgan fingerprint density at radius 2 is 2.10 bits per heavy atom. The summed E-state index contributed by atoms with van der Waals surface area (Å²) in [5.74, 6) is -0.582. The Labute approximate surface area is 124 Å². The third kappa shape index (κ3) is 3.46. The van der Waals surface area contributed by atoms with Crippen LogP contribution in [0.4, 0.5) is 10.1 Å². The highest BCUT2D eigenvalue weighted by Gasteiger charge is 2.16. The van der Waals surface area contributed by atoms with Gasteiger partial charge in [-0.3, -0.25) is 10.1 Å². The smallest absolute Gasteiger partial charge is 0.312 e. The lowest BCUT2D eigenvalue weighted by Gasteiger charge is -2.07. The second-order valence-corrected chi connectivity index (χ2v) is 4.50. The van der Waals surface area contributed by atoms with Crippen LogP contribution in [0.3, 0.4) is 0 Å². The van der Waals surface area contributed by atoms with Gasteiger partial charge in [0.1, 0.15) is 12.4 Å². The highest BCUT2D eigenvalue weighted by atomic mass is 35.5. The summed E-state index contributed by atoms with van der Waals surface area (Å²) < 4.78 is 18.6. The summed E-state index contributed by atoms with van der Waals surface area (Å²) in [5.41, 5.74) is 0.325. The first-order valence-corrected chi connectivity index (χ1v) is 6.14. The van der Waals surface area contributed by atoms with Crippen LogP contribution >= 0.6 is 11.6 Å². The lowest BCUT2D eigenvalue weighted by atomic mass is 10.2. The Kier molecular flexibility index (Phi) is 4.36. The maximum atomic E-state index is 13.3. The van der Waals surface area contributed by atoms with Gasteiger partial charge in [0, 0.05) is 6.07 Å². The molecule has 0 aromatic heterocycles. The molecule has 5 nitrogen and oxygen atoms in total. The van der Waals surface area contributed by atoms with Crippen molar-refractivity contribution in [3.05, 3.63) is 68.5 Å². The molecule has 2 rings (SSSR count). The zero-order valence-corrected chi connectivity index (χ0v) is 11.3. The van der Waals surface area contributed by atoms with Crippen molar-refractivity contribution in [2.45, 2.75) is 6.61 Å². The van der Waals surface area contributed by atoms with E-state index in [-0.39, 0.29) is 28.6 Å². The molecule has 0 spiro atoms. The highest BCUT2D eigenvalue weighted by molar-refractivity contribution is 6.30. The van der Waals surface area contributed by atoms with Gasteiger partial charge in [0.2, 0.25) is 0 Å². The minimum Gasteiger partial charge on any atom is -0.482 e. The van der Waals surface area contributed by atoms with Gasteiger partial charge >= 0.3 is 5.69 Å². The van der Waals surface area contributed by atoms with Crippen LogP contribution in [0.15, 0.2) is 36.4 Å². The maximum absolute atomic E-state index is 13.3. The van der Waals surface area contributed by atoms with E-state index in [1.165, 1.54) is 24.3 Å². The van der Waals surface area contributed by atoms with Crippen LogP contribution in [0.25, 0.3) is 0 Å². The Hall–Kier alpha value is -2.65. The molecule has 0 aliphatic heterocycles. The molecule has 0 atom stereocenters. The van der Waals surface area contributed by atoms with Crippen molar-refractivity contribution in [3.63, 3.8) is 0 Å². The van der Waals surface area contributed by atoms with Gasteiger partial charge in [0.05, 0.1) is 21.6 Å². The molecule has 0 unspecified atom stereocenters. The molecule has 0 N–H and O–H groups in total. The van der Waals surface area contributed by atoms with Crippen LogP contribution in [-0.4, -0.2) is 4.92 Å². The molecule has 0 saturated heterocycles. The standard InChI is InChI=1S/C14H8ClFN2O3/c15-11-3-1-10(5-12(11)16)8-21-14-4-2-9(7-17)6-13(14)18(19)20/h1-6H,8H2. The van der Waals surface area contributed by atoms with Crippen LogP contribution in [0.1, 0.15) is 11.1 Å². The molecule has 0 fully saturated rings. The molecule has 106 valence electrons. The number of hydrogen-bond acceptors (Lipinski definition) is 4. The van der Waals surface area contributed by atoms with Crippen molar-refractivity contribution in [2.75, 3.05) is 0 Å². The van der Waals surface area contributed by atoms with Crippen LogP contribution in [-0.2, 0) is 6.61 Å². The van der Waals surface area contributed by atoms with Crippen molar-refractivity contribution < 1.29 is 14.1 Å². The lowest BCUT2D eigenvalue weighted by Crippen LogP contribution is -2.00. The second-order valence-electron chi connectivity index (χ2n) is 4.09. The van der Waals surface area contributed by atoms with Crippen LogP contribution in [0.2, 0.25) is 5.02 Å². The summed E-state index contributed by atoms with van der Waals surface area (Å²) >= 11 is 5.56. The minimum absolute atomic E-state index is 0.00866. The molecule has 0 aliphatic rings. The second kappa shape index (κ2) is 6.20. The molecule has 0 amide bonds. The number of nitro benzene ring substituents is 1. The summed E-state index contributed by atoms with van der Waals surface area (Å²) in [4.78, 5) is 10.3. The monoisotopic (exact) mass is 306 g/mol. The number of benzene rings is 2. The fraction of sp³-hybridized carbons (Fsp3) is 0.0714. The topological polar surface area (TPSA) is 76.2 Å². The fourth-order valence-electron chi connectivity index (χ4n) is 1.64. The first-order chi connectivity index (χ1) is 10.0. The first-order valence-electron chi connectivity index (χ1n) is 5.76. The molecule has 7 heteroatoms. The van der Waals surface area contributed by atoms with Gasteiger partial charge in [-0.25, -0.2) is 4.39 Å². The third-order valence-electron chi connectivity index (χ3n) is 2.66. The van der Waals surface area contributed by atoms with Crippen molar-refractivity contribution in [3.8, 4) is 11.8 Å². The van der Waals surface area contributed by atoms with E-state index in [1.807, 2.05) is 6.07 Å². The quantitative estimate of drug-likeness (QED) is 0.635. The number of rotatable bonds is 4. The van der Waals surface area contributed by atoms with E-state index in [2.05, 4.69) is 0 Å². The average Bonchev–Trinajstić information content (AvgIpc) is 2.48. The van der Waals surface area contributed by atoms with Crippen LogP contribution in [0.5, 0.6) is 5.75 Å². The van der Waals surface area contributed by atoms with Crippen molar-refractivity contribution in [1.82, 2.24) is 0 Å². The molecule has 0 aliphatic carbocycles. The Morgan fingerprint density at radius 1 is 1.33 bits per heavy atom. The Balaban J connectivity index is 2.21. The predicted octanol–water partition coefficient (Wildman–Crippen LogP) is 3.84. The van der Waals surface area contributed by atoms with Crippen LogP contribution < -0.4 is 4.74 Å². The first kappa shape index (κ1) is 14.8. The Bertz CT molecular complexity index is 743. The number of nitriles is 1. The number of hydrogen-bond donors (Lipinski definition) is 0. The van der Waals surface area contributed by atoms with Crippen molar-refractivity contribution in [2.24, 2.45) is 0 Å². The number of ether oxygens (including phenoxy) is 1. The number of nitrogens with zero attached hydrogens (tertiary/aromatic N) is 2.